The van der Waals surface area contributed by atoms with E-state index in [0.717, 1.165) is 28.8 Å². The van der Waals surface area contributed by atoms with Crippen LogP contribution < -0.4 is 9.47 Å². The molecule has 0 unspecified atom stereocenters. The van der Waals surface area contributed by atoms with Gasteiger partial charge in [-0.2, -0.15) is 0 Å². The molecule has 0 atom stereocenters. The van der Waals surface area contributed by atoms with Crippen LogP contribution >= 0.6 is 0 Å². The molecular formula is C20H27N3O2. The number of rotatable bonds is 5. The normalized spacial score (nSPS) is 14.5. The van der Waals surface area contributed by atoms with E-state index >= 15 is 0 Å². The van der Waals surface area contributed by atoms with Crippen LogP contribution in [0.2, 0.25) is 0 Å². The highest BCUT2D eigenvalue weighted by Gasteiger charge is 2.13. The number of likely N-dealkylation sites (tertiary alicyclic amines) is 1. The first kappa shape index (κ1) is 17.5. The van der Waals surface area contributed by atoms with Crippen molar-refractivity contribution in [3.05, 3.63) is 36.5 Å². The summed E-state index contributed by atoms with van der Waals surface area (Å²) < 4.78 is 13.4. The highest BCUT2D eigenvalue weighted by molar-refractivity contribution is 5.82. The number of nitrogens with zero attached hydrogens (tertiary/aromatic N) is 3. The van der Waals surface area contributed by atoms with E-state index in [0.29, 0.717) is 12.5 Å². The summed E-state index contributed by atoms with van der Waals surface area (Å²) in [6.07, 6.45) is 4.65. The van der Waals surface area contributed by atoms with Crippen LogP contribution in [0.3, 0.4) is 0 Å². The molecule has 25 heavy (non-hydrogen) atoms. The Kier molecular flexibility index (Phi) is 5.76. The molecule has 3 aromatic rings. The Bertz CT molecular complexity index is 822. The number of aromatic nitrogens is 2. The molecule has 5 nitrogen and oxygen atoms in total. The van der Waals surface area contributed by atoms with Crippen LogP contribution in [0.1, 0.15) is 26.7 Å². The summed E-state index contributed by atoms with van der Waals surface area (Å²) in [5.41, 5.74) is 2.94. The molecular weight excluding hydrogens is 314 g/mol. The first-order chi connectivity index (χ1) is 12.3. The highest BCUT2D eigenvalue weighted by atomic mass is 16.5. The SMILES string of the molecule is CC.COc1ccc2c(c1)nc(OCCN1CCCC1)c1cccn12. The third kappa shape index (κ3) is 3.71. The number of hydrogen-bond donors (Lipinski definition) is 0. The first-order valence-corrected chi connectivity index (χ1v) is 9.15. The van der Waals surface area contributed by atoms with Crippen LogP contribution in [-0.2, 0) is 0 Å². The molecule has 0 radical (unpaired) electrons. The maximum atomic E-state index is 6.01. The number of fused-ring (bicyclic) bond motifs is 3. The number of hydrogen-bond acceptors (Lipinski definition) is 4. The summed E-state index contributed by atoms with van der Waals surface area (Å²) in [5.74, 6) is 1.49. The first-order valence-electron chi connectivity index (χ1n) is 9.15. The fourth-order valence-electron chi connectivity index (χ4n) is 3.24. The van der Waals surface area contributed by atoms with E-state index in [4.69, 9.17) is 14.5 Å². The molecule has 1 fully saturated rings. The summed E-state index contributed by atoms with van der Waals surface area (Å²) in [6.45, 7) is 8.01. The van der Waals surface area contributed by atoms with E-state index in [1.165, 1.54) is 25.9 Å². The van der Waals surface area contributed by atoms with Crippen molar-refractivity contribution in [2.75, 3.05) is 33.4 Å². The second-order valence-corrected chi connectivity index (χ2v) is 5.93. The van der Waals surface area contributed by atoms with Gasteiger partial charge in [-0.05, 0) is 50.2 Å². The van der Waals surface area contributed by atoms with E-state index in [1.54, 1.807) is 7.11 Å². The molecule has 3 heterocycles. The Hall–Kier alpha value is -2.27. The number of methoxy groups -OCH3 is 1. The molecule has 0 bridgehead atoms. The van der Waals surface area contributed by atoms with Crippen molar-refractivity contribution < 1.29 is 9.47 Å². The predicted molar refractivity (Wildman–Crippen MR) is 102 cm³/mol. The molecule has 5 heteroatoms. The zero-order valence-corrected chi connectivity index (χ0v) is 15.4. The maximum Gasteiger partial charge on any atom is 0.238 e. The van der Waals surface area contributed by atoms with Gasteiger partial charge in [-0.1, -0.05) is 13.8 Å². The molecule has 1 aliphatic rings. The summed E-state index contributed by atoms with van der Waals surface area (Å²) in [6, 6.07) is 10.00. The average molecular weight is 341 g/mol. The van der Waals surface area contributed by atoms with Gasteiger partial charge in [0.2, 0.25) is 5.88 Å². The molecule has 1 aliphatic heterocycles. The van der Waals surface area contributed by atoms with Crippen molar-refractivity contribution in [1.29, 1.82) is 0 Å². The second kappa shape index (κ2) is 8.21. The van der Waals surface area contributed by atoms with Crippen molar-refractivity contribution in [2.24, 2.45) is 0 Å². The van der Waals surface area contributed by atoms with Gasteiger partial charge in [0, 0.05) is 18.8 Å². The average Bonchev–Trinajstić information content (AvgIpc) is 3.35. The fourth-order valence-corrected chi connectivity index (χ4v) is 3.24. The maximum absolute atomic E-state index is 6.01. The smallest absolute Gasteiger partial charge is 0.238 e. The lowest BCUT2D eigenvalue weighted by molar-refractivity contribution is 0.234. The van der Waals surface area contributed by atoms with Gasteiger partial charge in [0.1, 0.15) is 17.9 Å². The van der Waals surface area contributed by atoms with E-state index in [9.17, 15) is 0 Å². The molecule has 4 rings (SSSR count). The molecule has 0 spiro atoms. The van der Waals surface area contributed by atoms with Crippen LogP contribution in [0, 0.1) is 0 Å². The predicted octanol–water partition coefficient (Wildman–Crippen LogP) is 4.00. The lowest BCUT2D eigenvalue weighted by atomic mass is 10.2. The monoisotopic (exact) mass is 341 g/mol. The third-order valence-electron chi connectivity index (χ3n) is 4.48. The second-order valence-electron chi connectivity index (χ2n) is 5.93. The summed E-state index contributed by atoms with van der Waals surface area (Å²) in [5, 5.41) is 0. The minimum absolute atomic E-state index is 0.670. The molecule has 134 valence electrons. The van der Waals surface area contributed by atoms with Crippen molar-refractivity contribution in [3.63, 3.8) is 0 Å². The highest BCUT2D eigenvalue weighted by Crippen LogP contribution is 2.26. The van der Waals surface area contributed by atoms with Gasteiger partial charge >= 0.3 is 0 Å². The van der Waals surface area contributed by atoms with Crippen molar-refractivity contribution >= 4 is 16.6 Å². The Morgan fingerprint density at radius 1 is 1.08 bits per heavy atom. The molecule has 0 amide bonds. The Balaban J connectivity index is 0.000000880. The molecule has 0 aliphatic carbocycles. The quantitative estimate of drug-likeness (QED) is 0.703. The van der Waals surface area contributed by atoms with Gasteiger partial charge in [0.25, 0.3) is 0 Å². The van der Waals surface area contributed by atoms with E-state index in [1.807, 2.05) is 50.4 Å². The molecule has 0 saturated carbocycles. The summed E-state index contributed by atoms with van der Waals surface area (Å²) in [4.78, 5) is 7.15. The largest absolute Gasteiger partial charge is 0.497 e. The lowest BCUT2D eigenvalue weighted by Gasteiger charge is -2.15. The van der Waals surface area contributed by atoms with Gasteiger partial charge in [-0.25, -0.2) is 4.98 Å². The van der Waals surface area contributed by atoms with Crippen LogP contribution in [0.5, 0.6) is 11.6 Å². The van der Waals surface area contributed by atoms with Crippen LogP contribution in [-0.4, -0.2) is 47.6 Å². The molecule has 1 saturated heterocycles. The molecule has 0 N–H and O–H groups in total. The summed E-state index contributed by atoms with van der Waals surface area (Å²) in [7, 11) is 1.67. The van der Waals surface area contributed by atoms with Crippen molar-refractivity contribution in [3.8, 4) is 11.6 Å². The van der Waals surface area contributed by atoms with E-state index in [2.05, 4.69) is 9.30 Å². The van der Waals surface area contributed by atoms with E-state index in [-0.39, 0.29) is 0 Å². The Labute approximate surface area is 149 Å². The van der Waals surface area contributed by atoms with Crippen LogP contribution in [0.25, 0.3) is 16.6 Å². The number of ether oxygens (including phenoxy) is 2. The standard InChI is InChI=1S/C18H21N3O2.C2H6/c1-22-14-6-7-16-15(13-14)19-18(17-5-4-10-21(16)17)23-12-11-20-8-2-3-9-20;1-2/h4-7,10,13H,2-3,8-9,11-12H2,1H3;1-2H3. The Morgan fingerprint density at radius 2 is 1.88 bits per heavy atom. The van der Waals surface area contributed by atoms with Crippen molar-refractivity contribution in [1.82, 2.24) is 14.3 Å². The van der Waals surface area contributed by atoms with Crippen molar-refractivity contribution in [2.45, 2.75) is 26.7 Å². The summed E-state index contributed by atoms with van der Waals surface area (Å²) >= 11 is 0. The van der Waals surface area contributed by atoms with Gasteiger partial charge in [-0.3, -0.25) is 4.90 Å². The minimum atomic E-state index is 0.670. The Morgan fingerprint density at radius 3 is 2.64 bits per heavy atom. The van der Waals surface area contributed by atoms with Gasteiger partial charge < -0.3 is 13.9 Å². The molecule has 1 aromatic carbocycles. The minimum Gasteiger partial charge on any atom is -0.497 e. The van der Waals surface area contributed by atoms with E-state index < -0.39 is 0 Å². The fraction of sp³-hybridized carbons (Fsp3) is 0.450. The lowest BCUT2D eigenvalue weighted by Crippen LogP contribution is -2.25. The topological polar surface area (TPSA) is 39.0 Å². The third-order valence-corrected chi connectivity index (χ3v) is 4.48. The number of benzene rings is 1. The van der Waals surface area contributed by atoms with Crippen LogP contribution in [0.15, 0.2) is 36.5 Å². The molecule has 2 aromatic heterocycles. The zero-order valence-electron chi connectivity index (χ0n) is 15.4. The zero-order chi connectivity index (χ0) is 17.6. The van der Waals surface area contributed by atoms with Gasteiger partial charge in [-0.15, -0.1) is 0 Å². The van der Waals surface area contributed by atoms with Crippen LogP contribution in [0.4, 0.5) is 0 Å². The van der Waals surface area contributed by atoms with Gasteiger partial charge in [0.05, 0.1) is 18.1 Å². The van der Waals surface area contributed by atoms with Gasteiger partial charge in [0.15, 0.2) is 0 Å².